The van der Waals surface area contributed by atoms with E-state index in [0.717, 1.165) is 16.8 Å². The van der Waals surface area contributed by atoms with Crippen molar-refractivity contribution in [3.63, 3.8) is 0 Å². The zero-order valence-corrected chi connectivity index (χ0v) is 14.9. The van der Waals surface area contributed by atoms with E-state index in [1.807, 2.05) is 32.0 Å². The number of carbonyl (C=O) groups excluding carboxylic acids is 1. The molecule has 7 heteroatoms. The van der Waals surface area contributed by atoms with E-state index >= 15 is 0 Å². The fraction of sp³-hybridized carbons (Fsp3) is 0.105. The number of anilines is 3. The van der Waals surface area contributed by atoms with Gasteiger partial charge >= 0.3 is 0 Å². The molecule has 0 spiro atoms. The molecule has 3 aromatic rings. The number of hydrogen-bond acceptors (Lipinski definition) is 4. The highest BCUT2D eigenvalue weighted by molar-refractivity contribution is 6.31. The topological polar surface area (TPSA) is 66.9 Å². The standard InChI is InChI=1S/C19H16ClFN4O/c1-11-3-4-12(2)16(7-11)25-19(26)17-9-23-18(10-22-17)24-13-5-6-15(21)14(20)8-13/h3-10H,1-2H3,(H,23,24)(H,25,26). The molecule has 1 heterocycles. The van der Waals surface area contributed by atoms with Gasteiger partial charge in [0, 0.05) is 11.4 Å². The summed E-state index contributed by atoms with van der Waals surface area (Å²) in [6.07, 6.45) is 2.79. The van der Waals surface area contributed by atoms with E-state index in [-0.39, 0.29) is 16.6 Å². The summed E-state index contributed by atoms with van der Waals surface area (Å²) in [5.74, 6) is -0.430. The third-order valence-corrected chi connectivity index (χ3v) is 4.01. The van der Waals surface area contributed by atoms with Gasteiger partial charge in [0.15, 0.2) is 0 Å². The third-order valence-electron chi connectivity index (χ3n) is 3.72. The van der Waals surface area contributed by atoms with Gasteiger partial charge in [-0.05, 0) is 49.2 Å². The maximum Gasteiger partial charge on any atom is 0.275 e. The average Bonchev–Trinajstić information content (AvgIpc) is 2.62. The second-order valence-electron chi connectivity index (χ2n) is 5.81. The van der Waals surface area contributed by atoms with Gasteiger partial charge in [0.05, 0.1) is 17.4 Å². The van der Waals surface area contributed by atoms with Gasteiger partial charge in [-0.1, -0.05) is 23.7 Å². The normalized spacial score (nSPS) is 10.5. The minimum absolute atomic E-state index is 0.00693. The summed E-state index contributed by atoms with van der Waals surface area (Å²) in [6.45, 7) is 3.87. The van der Waals surface area contributed by atoms with Crippen LogP contribution in [0.5, 0.6) is 0 Å². The fourth-order valence-corrected chi connectivity index (χ4v) is 2.47. The second-order valence-corrected chi connectivity index (χ2v) is 6.22. The van der Waals surface area contributed by atoms with Crippen molar-refractivity contribution in [1.29, 1.82) is 0 Å². The summed E-state index contributed by atoms with van der Waals surface area (Å²) >= 11 is 5.74. The third kappa shape index (κ3) is 4.15. The monoisotopic (exact) mass is 370 g/mol. The molecule has 3 rings (SSSR count). The highest BCUT2D eigenvalue weighted by atomic mass is 35.5. The van der Waals surface area contributed by atoms with Gasteiger partial charge in [0.1, 0.15) is 17.3 Å². The number of nitrogens with zero attached hydrogens (tertiary/aromatic N) is 2. The Balaban J connectivity index is 1.71. The molecule has 2 N–H and O–H groups in total. The number of halogens is 2. The highest BCUT2D eigenvalue weighted by Crippen LogP contribution is 2.22. The van der Waals surface area contributed by atoms with Crippen LogP contribution in [0.1, 0.15) is 21.6 Å². The number of amides is 1. The number of aryl methyl sites for hydroxylation is 2. The van der Waals surface area contributed by atoms with Crippen LogP contribution >= 0.6 is 11.6 Å². The predicted octanol–water partition coefficient (Wildman–Crippen LogP) is 4.88. The first-order chi connectivity index (χ1) is 12.4. The molecule has 0 atom stereocenters. The van der Waals surface area contributed by atoms with Crippen LogP contribution in [-0.2, 0) is 0 Å². The predicted molar refractivity (Wildman–Crippen MR) is 101 cm³/mol. The molecular formula is C19H16ClFN4O. The van der Waals surface area contributed by atoms with Gasteiger partial charge in [-0.3, -0.25) is 4.79 Å². The van der Waals surface area contributed by atoms with Gasteiger partial charge in [0.2, 0.25) is 0 Å². The Bertz CT molecular complexity index is 960. The van der Waals surface area contributed by atoms with Gasteiger partial charge in [-0.2, -0.15) is 0 Å². The van der Waals surface area contributed by atoms with Crippen molar-refractivity contribution in [2.45, 2.75) is 13.8 Å². The minimum Gasteiger partial charge on any atom is -0.339 e. The van der Waals surface area contributed by atoms with Gasteiger partial charge in [0.25, 0.3) is 5.91 Å². The molecule has 0 aliphatic heterocycles. The summed E-state index contributed by atoms with van der Waals surface area (Å²) in [5.41, 5.74) is 3.50. The summed E-state index contributed by atoms with van der Waals surface area (Å²) in [5, 5.41) is 5.78. The molecule has 0 bridgehead atoms. The van der Waals surface area contributed by atoms with E-state index in [0.29, 0.717) is 11.5 Å². The first-order valence-corrected chi connectivity index (χ1v) is 8.23. The quantitative estimate of drug-likeness (QED) is 0.686. The lowest BCUT2D eigenvalue weighted by Crippen LogP contribution is -2.15. The zero-order chi connectivity index (χ0) is 18.7. The molecule has 0 unspecified atom stereocenters. The summed E-state index contributed by atoms with van der Waals surface area (Å²) < 4.78 is 13.2. The number of benzene rings is 2. The number of rotatable bonds is 4. The Morgan fingerprint density at radius 2 is 1.88 bits per heavy atom. The van der Waals surface area contributed by atoms with Crippen molar-refractivity contribution in [3.8, 4) is 0 Å². The van der Waals surface area contributed by atoms with Crippen molar-refractivity contribution >= 4 is 34.7 Å². The van der Waals surface area contributed by atoms with Crippen molar-refractivity contribution in [2.75, 3.05) is 10.6 Å². The smallest absolute Gasteiger partial charge is 0.275 e. The summed E-state index contributed by atoms with van der Waals surface area (Å²) in [4.78, 5) is 20.6. The Morgan fingerprint density at radius 3 is 2.58 bits per heavy atom. The molecule has 0 aliphatic carbocycles. The second kappa shape index (κ2) is 7.49. The van der Waals surface area contributed by atoms with Crippen molar-refractivity contribution in [3.05, 3.63) is 76.5 Å². The SMILES string of the molecule is Cc1ccc(C)c(NC(=O)c2cnc(Nc3ccc(F)c(Cl)c3)cn2)c1. The van der Waals surface area contributed by atoms with Crippen LogP contribution in [-0.4, -0.2) is 15.9 Å². The van der Waals surface area contributed by atoms with E-state index in [4.69, 9.17) is 11.6 Å². The maximum absolute atomic E-state index is 13.2. The number of nitrogens with one attached hydrogen (secondary N) is 2. The molecule has 1 amide bonds. The van der Waals surface area contributed by atoms with Crippen LogP contribution in [0.3, 0.4) is 0 Å². The van der Waals surface area contributed by atoms with E-state index < -0.39 is 5.82 Å². The molecule has 5 nitrogen and oxygen atoms in total. The lowest BCUT2D eigenvalue weighted by atomic mass is 10.1. The van der Waals surface area contributed by atoms with Crippen LogP contribution in [0.15, 0.2) is 48.8 Å². The molecule has 26 heavy (non-hydrogen) atoms. The van der Waals surface area contributed by atoms with Crippen molar-refractivity contribution in [1.82, 2.24) is 9.97 Å². The molecule has 0 saturated heterocycles. The first-order valence-electron chi connectivity index (χ1n) is 7.85. The Hall–Kier alpha value is -2.99. The molecule has 1 aromatic heterocycles. The molecule has 0 saturated carbocycles. The van der Waals surface area contributed by atoms with Gasteiger partial charge in [-0.25, -0.2) is 14.4 Å². The van der Waals surface area contributed by atoms with E-state index in [9.17, 15) is 9.18 Å². The average molecular weight is 371 g/mol. The molecule has 0 fully saturated rings. The van der Waals surface area contributed by atoms with Crippen LogP contribution in [0.2, 0.25) is 5.02 Å². The molecule has 2 aromatic carbocycles. The Labute approximate surface area is 155 Å². The molecule has 0 radical (unpaired) electrons. The first kappa shape index (κ1) is 17.8. The summed E-state index contributed by atoms with van der Waals surface area (Å²) in [7, 11) is 0. The van der Waals surface area contributed by atoms with Crippen LogP contribution < -0.4 is 10.6 Å². The van der Waals surface area contributed by atoms with Crippen molar-refractivity contribution in [2.24, 2.45) is 0 Å². The lowest BCUT2D eigenvalue weighted by Gasteiger charge is -2.09. The zero-order valence-electron chi connectivity index (χ0n) is 14.2. The van der Waals surface area contributed by atoms with E-state index in [1.165, 1.54) is 30.6 Å². The molecular weight excluding hydrogens is 355 g/mol. The molecule has 0 aliphatic rings. The van der Waals surface area contributed by atoms with Crippen LogP contribution in [0, 0.1) is 19.7 Å². The Kier molecular flexibility index (Phi) is 5.14. The molecule has 132 valence electrons. The largest absolute Gasteiger partial charge is 0.339 e. The van der Waals surface area contributed by atoms with Gasteiger partial charge in [-0.15, -0.1) is 0 Å². The summed E-state index contributed by atoms with van der Waals surface area (Å²) in [6, 6.07) is 10.0. The fourth-order valence-electron chi connectivity index (χ4n) is 2.29. The lowest BCUT2D eigenvalue weighted by molar-refractivity contribution is 0.102. The van der Waals surface area contributed by atoms with Crippen molar-refractivity contribution < 1.29 is 9.18 Å². The Morgan fingerprint density at radius 1 is 1.08 bits per heavy atom. The van der Waals surface area contributed by atoms with Gasteiger partial charge < -0.3 is 10.6 Å². The number of carbonyl (C=O) groups is 1. The number of aromatic nitrogens is 2. The maximum atomic E-state index is 13.2. The van der Waals surface area contributed by atoms with Crippen LogP contribution in [0.25, 0.3) is 0 Å². The van der Waals surface area contributed by atoms with E-state index in [1.54, 1.807) is 0 Å². The minimum atomic E-state index is -0.498. The number of hydrogen-bond donors (Lipinski definition) is 2. The highest BCUT2D eigenvalue weighted by Gasteiger charge is 2.10. The van der Waals surface area contributed by atoms with Crippen LogP contribution in [0.4, 0.5) is 21.6 Å². The van der Waals surface area contributed by atoms with E-state index in [2.05, 4.69) is 20.6 Å².